The van der Waals surface area contributed by atoms with Gasteiger partial charge in [-0.1, -0.05) is 29.4 Å². The number of thioether (sulfide) groups is 1. The summed E-state index contributed by atoms with van der Waals surface area (Å²) in [5, 5.41) is 9.97. The van der Waals surface area contributed by atoms with Gasteiger partial charge in [-0.2, -0.15) is 0 Å². The molecule has 0 unspecified atom stereocenters. The molecule has 0 saturated heterocycles. The van der Waals surface area contributed by atoms with Gasteiger partial charge in [-0.05, 0) is 25.0 Å². The summed E-state index contributed by atoms with van der Waals surface area (Å²) >= 11 is 7.47. The minimum absolute atomic E-state index is 0.144. The van der Waals surface area contributed by atoms with Crippen LogP contribution < -0.4 is 5.56 Å². The topological polar surface area (TPSA) is 65.1 Å². The van der Waals surface area contributed by atoms with E-state index in [4.69, 9.17) is 11.6 Å². The first-order chi connectivity index (χ1) is 12.2. The van der Waals surface area contributed by atoms with Crippen molar-refractivity contribution in [3.63, 3.8) is 0 Å². The van der Waals surface area contributed by atoms with E-state index < -0.39 is 0 Å². The van der Waals surface area contributed by atoms with Gasteiger partial charge in [0.15, 0.2) is 5.16 Å². The Morgan fingerprint density at radius 2 is 2.20 bits per heavy atom. The second-order valence-electron chi connectivity index (χ2n) is 5.96. The summed E-state index contributed by atoms with van der Waals surface area (Å²) < 4.78 is 3.55. The highest BCUT2D eigenvalue weighted by atomic mass is 35.5. The van der Waals surface area contributed by atoms with Gasteiger partial charge in [0.2, 0.25) is 0 Å². The lowest BCUT2D eigenvalue weighted by Crippen LogP contribution is -2.15. The fourth-order valence-corrected chi connectivity index (χ4v) is 3.70. The standard InChI is InChI=1S/C17H16ClN5OS/c1-2-7-22-16(11-3-4-11)20-21-17(22)25-10-13-8-15(24)23-9-12(18)5-6-14(23)19-13/h2,5-6,8-9,11H,1,3-4,7,10H2. The first-order valence-electron chi connectivity index (χ1n) is 8.00. The Hall–Kier alpha value is -2.12. The van der Waals surface area contributed by atoms with Crippen LogP contribution in [0.2, 0.25) is 5.02 Å². The lowest BCUT2D eigenvalue weighted by atomic mass is 10.4. The predicted octanol–water partition coefficient (Wildman–Crippen LogP) is 3.30. The minimum Gasteiger partial charge on any atom is -0.302 e. The fourth-order valence-electron chi connectivity index (χ4n) is 2.69. The van der Waals surface area contributed by atoms with Crippen LogP contribution in [-0.4, -0.2) is 24.1 Å². The molecule has 0 aromatic carbocycles. The molecule has 6 nitrogen and oxygen atoms in total. The molecule has 8 heteroatoms. The number of pyridine rings is 1. The summed E-state index contributed by atoms with van der Waals surface area (Å²) in [6.07, 6.45) is 5.77. The molecule has 3 heterocycles. The summed E-state index contributed by atoms with van der Waals surface area (Å²) in [5.74, 6) is 2.10. The van der Waals surface area contributed by atoms with Gasteiger partial charge in [-0.3, -0.25) is 9.20 Å². The predicted molar refractivity (Wildman–Crippen MR) is 98.2 cm³/mol. The van der Waals surface area contributed by atoms with E-state index in [1.807, 2.05) is 6.08 Å². The minimum atomic E-state index is -0.144. The van der Waals surface area contributed by atoms with Crippen molar-refractivity contribution in [3.8, 4) is 0 Å². The second-order valence-corrected chi connectivity index (χ2v) is 7.34. The zero-order valence-electron chi connectivity index (χ0n) is 13.4. The Morgan fingerprint density at radius 3 is 2.96 bits per heavy atom. The van der Waals surface area contributed by atoms with E-state index in [9.17, 15) is 4.79 Å². The average molecular weight is 374 g/mol. The molecule has 3 aromatic rings. The second kappa shape index (κ2) is 6.65. The molecule has 1 aliphatic rings. The summed E-state index contributed by atoms with van der Waals surface area (Å²) in [4.78, 5) is 16.8. The lowest BCUT2D eigenvalue weighted by molar-refractivity contribution is 0.681. The number of allylic oxidation sites excluding steroid dienone is 1. The molecule has 0 aliphatic heterocycles. The third-order valence-corrected chi connectivity index (χ3v) is 5.25. The number of hydrogen-bond donors (Lipinski definition) is 0. The molecule has 1 aliphatic carbocycles. The molecular formula is C17H16ClN5OS. The van der Waals surface area contributed by atoms with Crippen LogP contribution in [0, 0.1) is 0 Å². The van der Waals surface area contributed by atoms with Gasteiger partial charge < -0.3 is 4.57 Å². The van der Waals surface area contributed by atoms with E-state index in [2.05, 4.69) is 26.3 Å². The zero-order valence-corrected chi connectivity index (χ0v) is 15.0. The van der Waals surface area contributed by atoms with Crippen LogP contribution >= 0.6 is 23.4 Å². The smallest absolute Gasteiger partial charge is 0.258 e. The van der Waals surface area contributed by atoms with Crippen LogP contribution in [0.25, 0.3) is 5.65 Å². The zero-order chi connectivity index (χ0) is 17.4. The van der Waals surface area contributed by atoms with Crippen LogP contribution in [0.5, 0.6) is 0 Å². The van der Waals surface area contributed by atoms with E-state index >= 15 is 0 Å². The number of hydrogen-bond acceptors (Lipinski definition) is 5. The van der Waals surface area contributed by atoms with Crippen molar-refractivity contribution in [2.75, 3.05) is 0 Å². The van der Waals surface area contributed by atoms with E-state index in [1.54, 1.807) is 18.3 Å². The molecule has 0 atom stereocenters. The van der Waals surface area contributed by atoms with Crippen molar-refractivity contribution < 1.29 is 0 Å². The molecule has 128 valence electrons. The van der Waals surface area contributed by atoms with Gasteiger partial charge in [-0.25, -0.2) is 4.98 Å². The van der Waals surface area contributed by atoms with Crippen LogP contribution in [0.4, 0.5) is 0 Å². The van der Waals surface area contributed by atoms with Crippen molar-refractivity contribution in [3.05, 3.63) is 63.9 Å². The molecule has 4 rings (SSSR count). The largest absolute Gasteiger partial charge is 0.302 e. The molecule has 25 heavy (non-hydrogen) atoms. The molecule has 0 radical (unpaired) electrons. The molecule has 0 amide bonds. The van der Waals surface area contributed by atoms with Gasteiger partial charge in [0.05, 0.1) is 10.7 Å². The fraction of sp³-hybridized carbons (Fsp3) is 0.294. The molecule has 0 N–H and O–H groups in total. The van der Waals surface area contributed by atoms with Gasteiger partial charge in [0.25, 0.3) is 5.56 Å². The quantitative estimate of drug-likeness (QED) is 0.490. The van der Waals surface area contributed by atoms with Crippen LogP contribution in [0.1, 0.15) is 30.3 Å². The Labute approximate surface area is 153 Å². The third-order valence-electron chi connectivity index (χ3n) is 4.03. The Morgan fingerprint density at radius 1 is 1.36 bits per heavy atom. The molecular weight excluding hydrogens is 358 g/mol. The maximum Gasteiger partial charge on any atom is 0.258 e. The number of fused-ring (bicyclic) bond motifs is 1. The van der Waals surface area contributed by atoms with E-state index in [-0.39, 0.29) is 5.56 Å². The van der Waals surface area contributed by atoms with Gasteiger partial charge in [0, 0.05) is 30.5 Å². The number of aromatic nitrogens is 5. The van der Waals surface area contributed by atoms with Crippen molar-refractivity contribution >= 4 is 29.0 Å². The summed E-state index contributed by atoms with van der Waals surface area (Å²) in [7, 11) is 0. The molecule has 0 spiro atoms. The maximum atomic E-state index is 12.2. The van der Waals surface area contributed by atoms with Crippen molar-refractivity contribution in [2.24, 2.45) is 0 Å². The highest BCUT2D eigenvalue weighted by Crippen LogP contribution is 2.40. The summed E-state index contributed by atoms with van der Waals surface area (Å²) in [6.45, 7) is 4.50. The Kier molecular flexibility index (Phi) is 4.35. The first-order valence-corrected chi connectivity index (χ1v) is 9.36. The van der Waals surface area contributed by atoms with Gasteiger partial charge in [0.1, 0.15) is 11.5 Å². The highest BCUT2D eigenvalue weighted by molar-refractivity contribution is 7.98. The van der Waals surface area contributed by atoms with Crippen LogP contribution in [0.15, 0.2) is 47.0 Å². The van der Waals surface area contributed by atoms with Crippen molar-refractivity contribution in [1.29, 1.82) is 0 Å². The average Bonchev–Trinajstić information content (AvgIpc) is 3.36. The van der Waals surface area contributed by atoms with Crippen molar-refractivity contribution in [1.82, 2.24) is 24.1 Å². The van der Waals surface area contributed by atoms with Crippen LogP contribution in [-0.2, 0) is 12.3 Å². The Balaban J connectivity index is 1.59. The first kappa shape index (κ1) is 16.4. The molecule has 3 aromatic heterocycles. The number of nitrogens with zero attached hydrogens (tertiary/aromatic N) is 5. The van der Waals surface area contributed by atoms with Crippen LogP contribution in [0.3, 0.4) is 0 Å². The normalized spacial score (nSPS) is 14.1. The van der Waals surface area contributed by atoms with Crippen molar-refractivity contribution in [2.45, 2.75) is 36.2 Å². The molecule has 1 saturated carbocycles. The Bertz CT molecular complexity index is 1010. The van der Waals surface area contributed by atoms with E-state index in [1.165, 1.54) is 35.1 Å². The number of halogens is 1. The highest BCUT2D eigenvalue weighted by Gasteiger charge is 2.30. The molecule has 1 fully saturated rings. The third kappa shape index (κ3) is 3.34. The van der Waals surface area contributed by atoms with E-state index in [0.717, 1.165) is 11.0 Å². The summed E-state index contributed by atoms with van der Waals surface area (Å²) in [6, 6.07) is 5.00. The SMILES string of the molecule is C=CCn1c(SCc2cc(=O)n3cc(Cl)ccc3n2)nnc1C1CC1. The van der Waals surface area contributed by atoms with Gasteiger partial charge >= 0.3 is 0 Å². The summed E-state index contributed by atoms with van der Waals surface area (Å²) in [5.41, 5.74) is 1.14. The monoisotopic (exact) mass is 373 g/mol. The molecule has 0 bridgehead atoms. The maximum absolute atomic E-state index is 12.2. The lowest BCUT2D eigenvalue weighted by Gasteiger charge is -2.07. The van der Waals surface area contributed by atoms with E-state index in [0.29, 0.717) is 34.6 Å². The van der Waals surface area contributed by atoms with Gasteiger partial charge in [-0.15, -0.1) is 16.8 Å². The number of rotatable bonds is 6.